The summed E-state index contributed by atoms with van der Waals surface area (Å²) in [5.74, 6) is 0.0384. The molecule has 2 heterocycles. The number of piperazine rings is 1. The van der Waals surface area contributed by atoms with Crippen molar-refractivity contribution in [2.45, 2.75) is 19.4 Å². The van der Waals surface area contributed by atoms with E-state index in [1.54, 1.807) is 0 Å². The number of carbonyl (C=O) groups is 1. The standard InChI is InChI=1S/C9H14N4OS/c1-9(2)6-10-3-4-13(9)8(14)7-5-11-12-15-7/h5,10H,3-4,6H2,1-2H3. The second-order valence-corrected chi connectivity index (χ2v) is 5.01. The van der Waals surface area contributed by atoms with Crippen molar-refractivity contribution in [1.82, 2.24) is 19.8 Å². The van der Waals surface area contributed by atoms with E-state index >= 15 is 0 Å². The van der Waals surface area contributed by atoms with E-state index in [4.69, 9.17) is 0 Å². The Balaban J connectivity index is 2.19. The third-order valence-electron chi connectivity index (χ3n) is 2.62. The molecule has 1 N–H and O–H groups in total. The SMILES string of the molecule is CC1(C)CNCCN1C(=O)c1cnns1. The summed E-state index contributed by atoms with van der Waals surface area (Å²) < 4.78 is 3.71. The average molecular weight is 226 g/mol. The number of hydrogen-bond acceptors (Lipinski definition) is 5. The van der Waals surface area contributed by atoms with E-state index in [0.717, 1.165) is 31.2 Å². The fourth-order valence-electron chi connectivity index (χ4n) is 1.75. The molecule has 1 fully saturated rings. The molecule has 1 saturated heterocycles. The Morgan fingerprint density at radius 2 is 2.47 bits per heavy atom. The Kier molecular flexibility index (Phi) is 2.70. The summed E-state index contributed by atoms with van der Waals surface area (Å²) in [6.07, 6.45) is 1.53. The maximum absolute atomic E-state index is 12.1. The van der Waals surface area contributed by atoms with Crippen LogP contribution in [-0.2, 0) is 0 Å². The highest BCUT2D eigenvalue weighted by Gasteiger charge is 2.34. The molecular weight excluding hydrogens is 212 g/mol. The molecule has 0 saturated carbocycles. The minimum Gasteiger partial charge on any atom is -0.330 e. The first-order valence-electron chi connectivity index (χ1n) is 4.91. The number of aromatic nitrogens is 2. The van der Waals surface area contributed by atoms with Gasteiger partial charge in [-0.1, -0.05) is 4.49 Å². The lowest BCUT2D eigenvalue weighted by Crippen LogP contribution is -2.59. The van der Waals surface area contributed by atoms with Crippen LogP contribution < -0.4 is 5.32 Å². The molecule has 0 atom stereocenters. The van der Waals surface area contributed by atoms with Gasteiger partial charge >= 0.3 is 0 Å². The maximum Gasteiger partial charge on any atom is 0.267 e. The first kappa shape index (κ1) is 10.5. The highest BCUT2D eigenvalue weighted by atomic mass is 32.1. The highest BCUT2D eigenvalue weighted by molar-refractivity contribution is 7.07. The summed E-state index contributed by atoms with van der Waals surface area (Å²) in [4.78, 5) is 14.6. The van der Waals surface area contributed by atoms with E-state index in [0.29, 0.717) is 4.88 Å². The Hall–Kier alpha value is -1.01. The van der Waals surface area contributed by atoms with Crippen molar-refractivity contribution in [3.63, 3.8) is 0 Å². The molecule has 1 aliphatic heterocycles. The molecule has 1 amide bonds. The van der Waals surface area contributed by atoms with Gasteiger partial charge in [-0.05, 0) is 25.4 Å². The first-order valence-corrected chi connectivity index (χ1v) is 5.69. The van der Waals surface area contributed by atoms with Gasteiger partial charge < -0.3 is 10.2 Å². The fourth-order valence-corrected chi connectivity index (χ4v) is 2.22. The number of carbonyl (C=O) groups excluding carboxylic acids is 1. The van der Waals surface area contributed by atoms with E-state index < -0.39 is 0 Å². The number of nitrogens with one attached hydrogen (secondary N) is 1. The summed E-state index contributed by atoms with van der Waals surface area (Å²) in [7, 11) is 0. The van der Waals surface area contributed by atoms with Crippen LogP contribution in [0.3, 0.4) is 0 Å². The molecule has 15 heavy (non-hydrogen) atoms. The van der Waals surface area contributed by atoms with Crippen LogP contribution >= 0.6 is 11.5 Å². The maximum atomic E-state index is 12.1. The van der Waals surface area contributed by atoms with Gasteiger partial charge in [0.1, 0.15) is 4.88 Å². The minimum absolute atomic E-state index is 0.0384. The molecule has 0 radical (unpaired) electrons. The zero-order valence-electron chi connectivity index (χ0n) is 8.86. The fraction of sp³-hybridized carbons (Fsp3) is 0.667. The minimum atomic E-state index is -0.140. The Morgan fingerprint density at radius 1 is 1.67 bits per heavy atom. The molecule has 2 rings (SSSR count). The lowest BCUT2D eigenvalue weighted by atomic mass is 10.00. The number of nitrogens with zero attached hydrogens (tertiary/aromatic N) is 3. The Morgan fingerprint density at radius 3 is 3.07 bits per heavy atom. The van der Waals surface area contributed by atoms with Crippen LogP contribution in [0.5, 0.6) is 0 Å². The number of rotatable bonds is 1. The summed E-state index contributed by atoms with van der Waals surface area (Å²) in [5, 5.41) is 6.97. The molecule has 0 bridgehead atoms. The van der Waals surface area contributed by atoms with Crippen LogP contribution in [0.2, 0.25) is 0 Å². The lowest BCUT2D eigenvalue weighted by Gasteiger charge is -2.42. The van der Waals surface area contributed by atoms with Gasteiger partial charge in [0.2, 0.25) is 0 Å². The smallest absolute Gasteiger partial charge is 0.267 e. The van der Waals surface area contributed by atoms with Gasteiger partial charge in [-0.3, -0.25) is 4.79 Å². The quantitative estimate of drug-likeness (QED) is 0.751. The van der Waals surface area contributed by atoms with Gasteiger partial charge in [0.25, 0.3) is 5.91 Å². The predicted octanol–water partition coefficient (Wildman–Crippen LogP) is 0.362. The van der Waals surface area contributed by atoms with Crippen LogP contribution in [-0.4, -0.2) is 45.6 Å². The Bertz CT molecular complexity index is 349. The molecule has 0 aliphatic carbocycles. The van der Waals surface area contributed by atoms with Gasteiger partial charge in [0.15, 0.2) is 0 Å². The molecule has 6 heteroatoms. The highest BCUT2D eigenvalue weighted by Crippen LogP contribution is 2.20. The molecular formula is C9H14N4OS. The Labute approximate surface area is 92.6 Å². The van der Waals surface area contributed by atoms with Gasteiger partial charge in [-0.25, -0.2) is 0 Å². The van der Waals surface area contributed by atoms with Crippen LogP contribution in [0.1, 0.15) is 23.5 Å². The normalized spacial score (nSPS) is 20.3. The zero-order valence-corrected chi connectivity index (χ0v) is 9.67. The molecule has 0 unspecified atom stereocenters. The van der Waals surface area contributed by atoms with Crippen molar-refractivity contribution in [3.8, 4) is 0 Å². The first-order chi connectivity index (χ1) is 7.11. The summed E-state index contributed by atoms with van der Waals surface area (Å²) in [6, 6.07) is 0. The van der Waals surface area contributed by atoms with Gasteiger partial charge in [-0.2, -0.15) is 0 Å². The average Bonchev–Trinajstić information content (AvgIpc) is 2.69. The second-order valence-electron chi connectivity index (χ2n) is 4.23. The van der Waals surface area contributed by atoms with E-state index in [-0.39, 0.29) is 11.4 Å². The van der Waals surface area contributed by atoms with E-state index in [2.05, 4.69) is 28.8 Å². The van der Waals surface area contributed by atoms with Crippen molar-refractivity contribution < 1.29 is 4.79 Å². The van der Waals surface area contributed by atoms with Crippen LogP contribution in [0.15, 0.2) is 6.20 Å². The zero-order chi connectivity index (χ0) is 10.9. The number of hydrogen-bond donors (Lipinski definition) is 1. The third kappa shape index (κ3) is 2.00. The topological polar surface area (TPSA) is 58.1 Å². The largest absolute Gasteiger partial charge is 0.330 e. The second kappa shape index (κ2) is 3.86. The lowest BCUT2D eigenvalue weighted by molar-refractivity contribution is 0.0482. The summed E-state index contributed by atoms with van der Waals surface area (Å²) in [5.41, 5.74) is -0.140. The molecule has 1 aromatic rings. The van der Waals surface area contributed by atoms with Crippen molar-refractivity contribution in [2.24, 2.45) is 0 Å². The third-order valence-corrected chi connectivity index (χ3v) is 3.27. The van der Waals surface area contributed by atoms with E-state index in [9.17, 15) is 4.79 Å². The number of amides is 1. The van der Waals surface area contributed by atoms with Crippen molar-refractivity contribution >= 4 is 17.4 Å². The molecule has 0 aromatic carbocycles. The van der Waals surface area contributed by atoms with Crippen LogP contribution in [0, 0.1) is 0 Å². The summed E-state index contributed by atoms with van der Waals surface area (Å²) >= 11 is 1.15. The van der Waals surface area contributed by atoms with Crippen molar-refractivity contribution in [3.05, 3.63) is 11.1 Å². The van der Waals surface area contributed by atoms with Gasteiger partial charge in [0.05, 0.1) is 11.7 Å². The monoisotopic (exact) mass is 226 g/mol. The van der Waals surface area contributed by atoms with Crippen LogP contribution in [0.4, 0.5) is 0 Å². The van der Waals surface area contributed by atoms with Crippen LogP contribution in [0.25, 0.3) is 0 Å². The summed E-state index contributed by atoms with van der Waals surface area (Å²) in [6.45, 7) is 6.53. The predicted molar refractivity (Wildman–Crippen MR) is 57.9 cm³/mol. The van der Waals surface area contributed by atoms with E-state index in [1.165, 1.54) is 6.20 Å². The van der Waals surface area contributed by atoms with Gasteiger partial charge in [-0.15, -0.1) is 5.10 Å². The molecule has 0 spiro atoms. The van der Waals surface area contributed by atoms with Crippen molar-refractivity contribution in [2.75, 3.05) is 19.6 Å². The molecule has 1 aliphatic rings. The van der Waals surface area contributed by atoms with E-state index in [1.807, 2.05) is 4.90 Å². The molecule has 5 nitrogen and oxygen atoms in total. The molecule has 1 aromatic heterocycles. The van der Waals surface area contributed by atoms with Gasteiger partial charge in [0, 0.05) is 19.6 Å². The molecule has 82 valence electrons. The van der Waals surface area contributed by atoms with Crippen molar-refractivity contribution in [1.29, 1.82) is 0 Å².